The van der Waals surface area contributed by atoms with Crippen LogP contribution in [-0.4, -0.2) is 34.5 Å². The van der Waals surface area contributed by atoms with E-state index in [1.165, 1.54) is 16.2 Å². The van der Waals surface area contributed by atoms with Crippen molar-refractivity contribution in [3.8, 4) is 11.5 Å². The molecule has 2 unspecified atom stereocenters. The van der Waals surface area contributed by atoms with Crippen molar-refractivity contribution in [3.63, 3.8) is 0 Å². The van der Waals surface area contributed by atoms with Gasteiger partial charge in [0, 0.05) is 17.0 Å². The molecule has 192 valence electrons. The molecule has 38 heavy (non-hydrogen) atoms. The van der Waals surface area contributed by atoms with Gasteiger partial charge in [-0.25, -0.2) is 4.98 Å². The number of aliphatic hydroxyl groups excluding tert-OH is 1. The van der Waals surface area contributed by atoms with Gasteiger partial charge in [0.1, 0.15) is 23.4 Å². The summed E-state index contributed by atoms with van der Waals surface area (Å²) in [4.78, 5) is 33.0. The Morgan fingerprint density at radius 3 is 2.71 bits per heavy atom. The number of carbonyl (C=O) groups is 2. The minimum Gasteiger partial charge on any atom is -0.507 e. The molecule has 3 aromatic carbocycles. The molecule has 2 atom stereocenters. The van der Waals surface area contributed by atoms with E-state index in [4.69, 9.17) is 21.1 Å². The zero-order valence-electron chi connectivity index (χ0n) is 20.6. The third kappa shape index (κ3) is 4.10. The van der Waals surface area contributed by atoms with Crippen molar-refractivity contribution < 1.29 is 24.2 Å². The number of thiazole rings is 1. The van der Waals surface area contributed by atoms with Crippen LogP contribution < -0.4 is 14.4 Å². The lowest BCUT2D eigenvalue weighted by Gasteiger charge is -2.23. The van der Waals surface area contributed by atoms with Gasteiger partial charge in [0.25, 0.3) is 5.78 Å². The number of ketones is 1. The molecule has 0 spiro atoms. The molecule has 3 heterocycles. The Labute approximate surface area is 227 Å². The van der Waals surface area contributed by atoms with Gasteiger partial charge in [-0.05, 0) is 73.5 Å². The summed E-state index contributed by atoms with van der Waals surface area (Å²) in [6.45, 7) is 4.40. The third-order valence-electron chi connectivity index (χ3n) is 6.67. The van der Waals surface area contributed by atoms with Crippen LogP contribution in [0.4, 0.5) is 5.13 Å². The average molecular weight is 547 g/mol. The number of rotatable bonds is 5. The normalized spacial score (nSPS) is 20.1. The second-order valence-corrected chi connectivity index (χ2v) is 10.7. The fourth-order valence-electron chi connectivity index (χ4n) is 4.97. The number of halogens is 1. The lowest BCUT2D eigenvalue weighted by Crippen LogP contribution is -2.29. The molecule has 2 aliphatic rings. The van der Waals surface area contributed by atoms with Gasteiger partial charge in [-0.2, -0.15) is 0 Å². The molecule has 2 aliphatic heterocycles. The van der Waals surface area contributed by atoms with Crippen LogP contribution in [0.15, 0.2) is 66.2 Å². The molecule has 1 saturated heterocycles. The number of Topliss-reactive ketones (excluding diaryl/α,β-unsaturated/α-hetero) is 1. The van der Waals surface area contributed by atoms with Crippen molar-refractivity contribution in [2.45, 2.75) is 32.4 Å². The van der Waals surface area contributed by atoms with E-state index in [0.717, 1.165) is 16.0 Å². The topological polar surface area (TPSA) is 89.0 Å². The maximum absolute atomic E-state index is 13.5. The van der Waals surface area contributed by atoms with Gasteiger partial charge in [0.2, 0.25) is 0 Å². The summed E-state index contributed by atoms with van der Waals surface area (Å²) in [5.74, 6) is -0.325. The van der Waals surface area contributed by atoms with Crippen molar-refractivity contribution in [2.75, 3.05) is 11.5 Å². The maximum Gasteiger partial charge on any atom is 0.301 e. The Morgan fingerprint density at radius 1 is 1.16 bits per heavy atom. The van der Waals surface area contributed by atoms with Crippen LogP contribution >= 0.6 is 22.9 Å². The first-order valence-corrected chi connectivity index (χ1v) is 13.4. The van der Waals surface area contributed by atoms with E-state index < -0.39 is 17.7 Å². The van der Waals surface area contributed by atoms with Gasteiger partial charge in [-0.15, -0.1) is 0 Å². The third-order valence-corrected chi connectivity index (χ3v) is 7.93. The number of hydrogen-bond acceptors (Lipinski definition) is 7. The van der Waals surface area contributed by atoms with Crippen LogP contribution in [0.2, 0.25) is 5.02 Å². The van der Waals surface area contributed by atoms with E-state index in [0.29, 0.717) is 45.6 Å². The summed E-state index contributed by atoms with van der Waals surface area (Å²) < 4.78 is 12.2. The van der Waals surface area contributed by atoms with Crippen molar-refractivity contribution in [3.05, 3.63) is 87.9 Å². The summed E-state index contributed by atoms with van der Waals surface area (Å²) >= 11 is 7.42. The lowest BCUT2D eigenvalue weighted by molar-refractivity contribution is -0.132. The minimum atomic E-state index is -0.886. The highest BCUT2D eigenvalue weighted by Crippen LogP contribution is 2.45. The van der Waals surface area contributed by atoms with Gasteiger partial charge in [-0.1, -0.05) is 35.1 Å². The maximum atomic E-state index is 13.5. The minimum absolute atomic E-state index is 0.00139. The number of carbonyl (C=O) groups excluding carboxylic acids is 2. The molecule has 7 nitrogen and oxygen atoms in total. The van der Waals surface area contributed by atoms with Crippen LogP contribution in [0, 0.1) is 0 Å². The van der Waals surface area contributed by atoms with Gasteiger partial charge in [0.05, 0.1) is 28.4 Å². The molecule has 4 aromatic rings. The second-order valence-electron chi connectivity index (χ2n) is 9.23. The quantitative estimate of drug-likeness (QED) is 0.179. The summed E-state index contributed by atoms with van der Waals surface area (Å²) in [7, 11) is 0. The van der Waals surface area contributed by atoms with Crippen molar-refractivity contribution in [2.24, 2.45) is 0 Å². The first-order chi connectivity index (χ1) is 18.3. The molecule has 0 bridgehead atoms. The molecule has 0 aliphatic carbocycles. The van der Waals surface area contributed by atoms with E-state index in [9.17, 15) is 14.7 Å². The van der Waals surface area contributed by atoms with E-state index in [1.54, 1.807) is 36.4 Å². The highest BCUT2D eigenvalue weighted by molar-refractivity contribution is 7.22. The second kappa shape index (κ2) is 9.45. The van der Waals surface area contributed by atoms with Crippen molar-refractivity contribution in [1.29, 1.82) is 0 Å². The number of aromatic nitrogens is 1. The molecule has 6 rings (SSSR count). The predicted molar refractivity (Wildman–Crippen MR) is 147 cm³/mol. The molecule has 1 N–H and O–H groups in total. The number of aliphatic hydroxyl groups is 1. The van der Waals surface area contributed by atoms with Crippen LogP contribution in [-0.2, 0) is 16.0 Å². The number of ether oxygens (including phenoxy) is 2. The van der Waals surface area contributed by atoms with E-state index >= 15 is 0 Å². The Hall–Kier alpha value is -3.88. The molecule has 1 fully saturated rings. The van der Waals surface area contributed by atoms with Gasteiger partial charge in [-0.3, -0.25) is 14.5 Å². The lowest BCUT2D eigenvalue weighted by atomic mass is 9.94. The first kappa shape index (κ1) is 24.5. The van der Waals surface area contributed by atoms with Crippen molar-refractivity contribution in [1.82, 2.24) is 4.98 Å². The highest BCUT2D eigenvalue weighted by Gasteiger charge is 2.48. The number of nitrogens with zero attached hydrogens (tertiary/aromatic N) is 2. The number of amides is 1. The Bertz CT molecular complexity index is 1630. The van der Waals surface area contributed by atoms with Gasteiger partial charge < -0.3 is 14.6 Å². The average Bonchev–Trinajstić information content (AvgIpc) is 3.56. The Balaban J connectivity index is 1.50. The number of anilines is 1. The summed E-state index contributed by atoms with van der Waals surface area (Å²) in [6, 6.07) is 16.8. The van der Waals surface area contributed by atoms with Crippen LogP contribution in [0.5, 0.6) is 11.5 Å². The molecular weight excluding hydrogens is 524 g/mol. The SMILES string of the molecule is CCOc1ccc2nc(N3C(=O)C(=O)/C(=C(/O)c4ccc5c(c4)CC(C)O5)C3c3ccc(Cl)cc3)sc2c1. The monoisotopic (exact) mass is 546 g/mol. The molecule has 1 amide bonds. The fourth-order valence-corrected chi connectivity index (χ4v) is 6.11. The molecule has 9 heteroatoms. The van der Waals surface area contributed by atoms with E-state index in [2.05, 4.69) is 4.98 Å². The van der Waals surface area contributed by atoms with E-state index in [-0.39, 0.29) is 17.4 Å². The summed E-state index contributed by atoms with van der Waals surface area (Å²) in [5, 5.41) is 12.3. The standard InChI is InChI=1S/C29H23ClN2O5S/c1-3-36-20-9-10-21-23(14-20)38-29(31-21)32-25(16-4-7-19(30)8-5-16)24(27(34)28(32)35)26(33)17-6-11-22-18(13-17)12-15(2)37-22/h4-11,13-15,25,33H,3,12H2,1-2H3/b26-24+. The Morgan fingerprint density at radius 2 is 1.95 bits per heavy atom. The fraction of sp³-hybridized carbons (Fsp3) is 0.207. The number of fused-ring (bicyclic) bond motifs is 2. The first-order valence-electron chi connectivity index (χ1n) is 12.2. The molecular formula is C29H23ClN2O5S. The molecule has 0 saturated carbocycles. The zero-order chi connectivity index (χ0) is 26.6. The largest absolute Gasteiger partial charge is 0.507 e. The molecule has 1 aromatic heterocycles. The van der Waals surface area contributed by atoms with Crippen LogP contribution in [0.1, 0.15) is 36.6 Å². The number of hydrogen-bond donors (Lipinski definition) is 1. The highest BCUT2D eigenvalue weighted by atomic mass is 35.5. The smallest absolute Gasteiger partial charge is 0.301 e. The summed E-state index contributed by atoms with van der Waals surface area (Å²) in [6.07, 6.45) is 0.727. The molecule has 0 radical (unpaired) electrons. The van der Waals surface area contributed by atoms with Gasteiger partial charge in [0.15, 0.2) is 5.13 Å². The number of benzene rings is 3. The van der Waals surface area contributed by atoms with Crippen molar-refractivity contribution >= 4 is 55.7 Å². The zero-order valence-corrected chi connectivity index (χ0v) is 22.2. The van der Waals surface area contributed by atoms with Crippen LogP contribution in [0.25, 0.3) is 16.0 Å². The van der Waals surface area contributed by atoms with E-state index in [1.807, 2.05) is 38.1 Å². The van der Waals surface area contributed by atoms with Crippen LogP contribution in [0.3, 0.4) is 0 Å². The summed E-state index contributed by atoms with van der Waals surface area (Å²) in [5.41, 5.74) is 2.69. The predicted octanol–water partition coefficient (Wildman–Crippen LogP) is 6.30. The Kier molecular flexibility index (Phi) is 6.08. The van der Waals surface area contributed by atoms with Gasteiger partial charge >= 0.3 is 5.91 Å².